The molecule has 0 amide bonds. The highest BCUT2D eigenvalue weighted by Gasteiger charge is 2.03. The predicted molar refractivity (Wildman–Crippen MR) is 57.0 cm³/mol. The van der Waals surface area contributed by atoms with Gasteiger partial charge in [-0.05, 0) is 38.0 Å². The summed E-state index contributed by atoms with van der Waals surface area (Å²) in [7, 11) is 0. The second-order valence-electron chi connectivity index (χ2n) is 3.34. The summed E-state index contributed by atoms with van der Waals surface area (Å²) in [5, 5.41) is 0. The molecule has 0 spiro atoms. The summed E-state index contributed by atoms with van der Waals surface area (Å²) >= 11 is 0. The zero-order chi connectivity index (χ0) is 9.84. The summed E-state index contributed by atoms with van der Waals surface area (Å²) in [6.45, 7) is 9.86. The van der Waals surface area contributed by atoms with Gasteiger partial charge >= 0.3 is 0 Å². The first-order valence-corrected chi connectivity index (χ1v) is 4.54. The first-order valence-electron chi connectivity index (χ1n) is 4.54. The lowest BCUT2D eigenvalue weighted by atomic mass is 10.1. The molecule has 1 heteroatoms. The zero-order valence-electron chi connectivity index (χ0n) is 8.50. The molecule has 0 bridgehead atoms. The van der Waals surface area contributed by atoms with E-state index in [1.807, 2.05) is 38.1 Å². The molecule has 70 valence electrons. The fraction of sp³-hybridized carbons (Fsp3) is 0.333. The SMILES string of the molecule is C=Cc1cccc(OC(C)C)c1C. The summed E-state index contributed by atoms with van der Waals surface area (Å²) in [4.78, 5) is 0. The van der Waals surface area contributed by atoms with E-state index >= 15 is 0 Å². The van der Waals surface area contributed by atoms with Crippen molar-refractivity contribution in [3.05, 3.63) is 35.9 Å². The van der Waals surface area contributed by atoms with E-state index in [4.69, 9.17) is 4.74 Å². The number of rotatable bonds is 3. The van der Waals surface area contributed by atoms with Crippen LogP contribution in [0.25, 0.3) is 6.08 Å². The smallest absolute Gasteiger partial charge is 0.123 e. The van der Waals surface area contributed by atoms with Gasteiger partial charge in [0.05, 0.1) is 6.10 Å². The Labute approximate surface area is 80.0 Å². The monoisotopic (exact) mass is 176 g/mol. The van der Waals surface area contributed by atoms with Crippen molar-refractivity contribution in [3.8, 4) is 5.75 Å². The second kappa shape index (κ2) is 4.13. The van der Waals surface area contributed by atoms with Crippen LogP contribution in [0.1, 0.15) is 25.0 Å². The van der Waals surface area contributed by atoms with Gasteiger partial charge in [0, 0.05) is 0 Å². The lowest BCUT2D eigenvalue weighted by Gasteiger charge is -2.13. The van der Waals surface area contributed by atoms with Gasteiger partial charge in [-0.2, -0.15) is 0 Å². The highest BCUT2D eigenvalue weighted by molar-refractivity contribution is 5.55. The summed E-state index contributed by atoms with van der Waals surface area (Å²) in [5.41, 5.74) is 2.30. The summed E-state index contributed by atoms with van der Waals surface area (Å²) in [5.74, 6) is 0.951. The van der Waals surface area contributed by atoms with Crippen LogP contribution in [0.15, 0.2) is 24.8 Å². The van der Waals surface area contributed by atoms with Crippen LogP contribution in [0.5, 0.6) is 5.75 Å². The average Bonchev–Trinajstić information content (AvgIpc) is 2.08. The van der Waals surface area contributed by atoms with Crippen LogP contribution in [-0.2, 0) is 0 Å². The molecule has 0 aromatic heterocycles. The van der Waals surface area contributed by atoms with Crippen molar-refractivity contribution in [2.75, 3.05) is 0 Å². The molecule has 1 nitrogen and oxygen atoms in total. The predicted octanol–water partition coefficient (Wildman–Crippen LogP) is 3.43. The maximum atomic E-state index is 5.64. The highest BCUT2D eigenvalue weighted by atomic mass is 16.5. The van der Waals surface area contributed by atoms with Crippen LogP contribution < -0.4 is 4.74 Å². The fourth-order valence-electron chi connectivity index (χ4n) is 1.23. The molecule has 0 aliphatic heterocycles. The number of hydrogen-bond acceptors (Lipinski definition) is 1. The Morgan fingerprint density at radius 1 is 1.38 bits per heavy atom. The molecule has 0 fully saturated rings. The molecule has 1 aromatic rings. The third kappa shape index (κ3) is 2.35. The van der Waals surface area contributed by atoms with Crippen LogP contribution in [0, 0.1) is 6.92 Å². The zero-order valence-corrected chi connectivity index (χ0v) is 8.50. The molecule has 0 N–H and O–H groups in total. The van der Waals surface area contributed by atoms with Gasteiger partial charge in [-0.3, -0.25) is 0 Å². The Hall–Kier alpha value is -1.24. The Balaban J connectivity index is 3.01. The molecular weight excluding hydrogens is 160 g/mol. The largest absolute Gasteiger partial charge is 0.491 e. The molecule has 0 unspecified atom stereocenters. The Morgan fingerprint density at radius 2 is 2.08 bits per heavy atom. The number of hydrogen-bond donors (Lipinski definition) is 0. The average molecular weight is 176 g/mol. The van der Waals surface area contributed by atoms with Crippen LogP contribution >= 0.6 is 0 Å². The topological polar surface area (TPSA) is 9.23 Å². The van der Waals surface area contributed by atoms with Crippen molar-refractivity contribution in [1.29, 1.82) is 0 Å². The van der Waals surface area contributed by atoms with Gasteiger partial charge in [-0.15, -0.1) is 0 Å². The molecule has 0 heterocycles. The van der Waals surface area contributed by atoms with Crippen molar-refractivity contribution < 1.29 is 4.74 Å². The van der Waals surface area contributed by atoms with E-state index in [1.165, 1.54) is 0 Å². The Bertz CT molecular complexity index is 300. The first-order chi connectivity index (χ1) is 6.15. The summed E-state index contributed by atoms with van der Waals surface area (Å²) in [6, 6.07) is 6.01. The van der Waals surface area contributed by atoms with Gasteiger partial charge in [0.15, 0.2) is 0 Å². The third-order valence-electron chi connectivity index (χ3n) is 1.91. The Kier molecular flexibility index (Phi) is 3.13. The van der Waals surface area contributed by atoms with E-state index in [2.05, 4.69) is 13.5 Å². The molecular formula is C12H16O. The standard InChI is InChI=1S/C12H16O/c1-5-11-7-6-8-12(10(11)4)13-9(2)3/h5-9H,1H2,2-4H3. The summed E-state index contributed by atoms with van der Waals surface area (Å²) in [6.07, 6.45) is 2.07. The molecule has 0 radical (unpaired) electrons. The third-order valence-corrected chi connectivity index (χ3v) is 1.91. The van der Waals surface area contributed by atoms with E-state index in [1.54, 1.807) is 0 Å². The van der Waals surface area contributed by atoms with Crippen molar-refractivity contribution in [2.45, 2.75) is 26.9 Å². The maximum absolute atomic E-state index is 5.64. The van der Waals surface area contributed by atoms with Crippen LogP contribution in [0.3, 0.4) is 0 Å². The van der Waals surface area contributed by atoms with E-state index in [0.717, 1.165) is 16.9 Å². The second-order valence-corrected chi connectivity index (χ2v) is 3.34. The first kappa shape index (κ1) is 9.85. The maximum Gasteiger partial charge on any atom is 0.123 e. The molecule has 1 aromatic carbocycles. The van der Waals surface area contributed by atoms with Crippen molar-refractivity contribution in [3.63, 3.8) is 0 Å². The van der Waals surface area contributed by atoms with Gasteiger partial charge in [0.25, 0.3) is 0 Å². The molecule has 0 saturated heterocycles. The molecule has 0 atom stereocenters. The highest BCUT2D eigenvalue weighted by Crippen LogP contribution is 2.22. The summed E-state index contributed by atoms with van der Waals surface area (Å²) < 4.78 is 5.64. The number of ether oxygens (including phenoxy) is 1. The number of benzene rings is 1. The van der Waals surface area contributed by atoms with Gasteiger partial charge in [-0.1, -0.05) is 24.8 Å². The molecule has 13 heavy (non-hydrogen) atoms. The van der Waals surface area contributed by atoms with Gasteiger partial charge in [0.2, 0.25) is 0 Å². The minimum Gasteiger partial charge on any atom is -0.491 e. The molecule has 0 aliphatic rings. The van der Waals surface area contributed by atoms with E-state index in [9.17, 15) is 0 Å². The van der Waals surface area contributed by atoms with E-state index in [-0.39, 0.29) is 6.10 Å². The van der Waals surface area contributed by atoms with Crippen LogP contribution in [-0.4, -0.2) is 6.10 Å². The lowest BCUT2D eigenvalue weighted by molar-refractivity contribution is 0.241. The van der Waals surface area contributed by atoms with Gasteiger partial charge in [-0.25, -0.2) is 0 Å². The van der Waals surface area contributed by atoms with Crippen molar-refractivity contribution in [2.24, 2.45) is 0 Å². The lowest BCUT2D eigenvalue weighted by Crippen LogP contribution is -2.06. The van der Waals surface area contributed by atoms with Crippen LogP contribution in [0.2, 0.25) is 0 Å². The van der Waals surface area contributed by atoms with Gasteiger partial charge in [0.1, 0.15) is 5.75 Å². The van der Waals surface area contributed by atoms with Crippen molar-refractivity contribution >= 4 is 6.08 Å². The normalized spacial score (nSPS) is 10.2. The minimum atomic E-state index is 0.221. The fourth-order valence-corrected chi connectivity index (χ4v) is 1.23. The van der Waals surface area contributed by atoms with Crippen LogP contribution in [0.4, 0.5) is 0 Å². The minimum absolute atomic E-state index is 0.221. The van der Waals surface area contributed by atoms with E-state index < -0.39 is 0 Å². The molecule has 1 rings (SSSR count). The molecule has 0 saturated carbocycles. The van der Waals surface area contributed by atoms with Gasteiger partial charge < -0.3 is 4.74 Å². The quantitative estimate of drug-likeness (QED) is 0.685. The molecule has 0 aliphatic carbocycles. The Morgan fingerprint density at radius 3 is 2.62 bits per heavy atom. The van der Waals surface area contributed by atoms with Crippen molar-refractivity contribution in [1.82, 2.24) is 0 Å². The van der Waals surface area contributed by atoms with E-state index in [0.29, 0.717) is 0 Å².